The minimum atomic E-state index is 0.422. The summed E-state index contributed by atoms with van der Waals surface area (Å²) in [5, 5.41) is 3.56. The molecular weight excluding hydrogens is 260 g/mol. The molecule has 3 atom stereocenters. The van der Waals surface area contributed by atoms with Gasteiger partial charge in [-0.15, -0.1) is 0 Å². The van der Waals surface area contributed by atoms with Crippen molar-refractivity contribution in [2.45, 2.75) is 50.7 Å². The number of hydrogen-bond acceptors (Lipinski definition) is 3. The minimum Gasteiger partial charge on any atom is -0.497 e. The van der Waals surface area contributed by atoms with Gasteiger partial charge in [-0.25, -0.2) is 0 Å². The van der Waals surface area contributed by atoms with E-state index in [1.165, 1.54) is 30.4 Å². The van der Waals surface area contributed by atoms with Gasteiger partial charge in [-0.05, 0) is 75.9 Å². The van der Waals surface area contributed by atoms with Crippen LogP contribution in [-0.4, -0.2) is 38.2 Å². The number of methoxy groups -OCH3 is 1. The molecule has 1 saturated carbocycles. The van der Waals surface area contributed by atoms with Crippen LogP contribution in [0.15, 0.2) is 18.2 Å². The summed E-state index contributed by atoms with van der Waals surface area (Å²) in [5.74, 6) is 1.89. The van der Waals surface area contributed by atoms with Gasteiger partial charge in [-0.2, -0.15) is 0 Å². The van der Waals surface area contributed by atoms with E-state index in [1.54, 1.807) is 7.11 Å². The van der Waals surface area contributed by atoms with Crippen molar-refractivity contribution >= 4 is 0 Å². The molecule has 1 fully saturated rings. The highest BCUT2D eigenvalue weighted by atomic mass is 16.5. The van der Waals surface area contributed by atoms with Crippen LogP contribution in [0.4, 0.5) is 0 Å². The highest BCUT2D eigenvalue weighted by Crippen LogP contribution is 2.39. The van der Waals surface area contributed by atoms with E-state index in [2.05, 4.69) is 49.4 Å². The number of rotatable bonds is 5. The van der Waals surface area contributed by atoms with Crippen LogP contribution < -0.4 is 10.1 Å². The van der Waals surface area contributed by atoms with E-state index in [4.69, 9.17) is 4.74 Å². The van der Waals surface area contributed by atoms with Crippen LogP contribution in [0.3, 0.4) is 0 Å². The van der Waals surface area contributed by atoms with Crippen LogP contribution in [-0.2, 0) is 6.42 Å². The van der Waals surface area contributed by atoms with E-state index in [0.29, 0.717) is 18.1 Å². The number of fused-ring (bicyclic) bond motifs is 1. The molecule has 0 spiro atoms. The Morgan fingerprint density at radius 2 is 2.05 bits per heavy atom. The third-order valence-electron chi connectivity index (χ3n) is 5.56. The summed E-state index contributed by atoms with van der Waals surface area (Å²) in [6.45, 7) is 2.40. The summed E-state index contributed by atoms with van der Waals surface area (Å²) >= 11 is 0. The number of benzene rings is 1. The lowest BCUT2D eigenvalue weighted by Gasteiger charge is -2.42. The molecule has 3 unspecified atom stereocenters. The average Bonchev–Trinajstić information content (AvgIpc) is 3.36. The van der Waals surface area contributed by atoms with Crippen LogP contribution >= 0.6 is 0 Å². The van der Waals surface area contributed by atoms with Gasteiger partial charge in [0.15, 0.2) is 0 Å². The van der Waals surface area contributed by atoms with Crippen molar-refractivity contribution in [1.29, 1.82) is 0 Å². The van der Waals surface area contributed by atoms with Gasteiger partial charge in [0.1, 0.15) is 5.75 Å². The standard InChI is InChI=1S/C18H28N2O/c1-12(13-5-6-13)20(3)17-10-7-14-11-15(21-4)8-9-16(14)18(17)19-2/h8-9,11-13,17-19H,5-7,10H2,1-4H3. The first-order valence-electron chi connectivity index (χ1n) is 8.21. The van der Waals surface area contributed by atoms with Gasteiger partial charge in [0.05, 0.1) is 7.11 Å². The summed E-state index contributed by atoms with van der Waals surface area (Å²) in [6.07, 6.45) is 5.20. The Hall–Kier alpha value is -1.06. The molecule has 1 aromatic carbocycles. The van der Waals surface area contributed by atoms with Crippen LogP contribution in [0, 0.1) is 5.92 Å². The van der Waals surface area contributed by atoms with Gasteiger partial charge in [-0.3, -0.25) is 4.90 Å². The van der Waals surface area contributed by atoms with Crippen LogP contribution in [0.5, 0.6) is 5.75 Å². The number of nitrogens with one attached hydrogen (secondary N) is 1. The smallest absolute Gasteiger partial charge is 0.119 e. The maximum Gasteiger partial charge on any atom is 0.119 e. The van der Waals surface area contributed by atoms with Gasteiger partial charge in [0, 0.05) is 18.1 Å². The minimum absolute atomic E-state index is 0.422. The monoisotopic (exact) mass is 288 g/mol. The molecule has 0 bridgehead atoms. The second-order valence-electron chi connectivity index (χ2n) is 6.68. The molecule has 21 heavy (non-hydrogen) atoms. The van der Waals surface area contributed by atoms with Gasteiger partial charge < -0.3 is 10.1 Å². The topological polar surface area (TPSA) is 24.5 Å². The first-order valence-corrected chi connectivity index (χ1v) is 8.21. The zero-order valence-electron chi connectivity index (χ0n) is 13.7. The first kappa shape index (κ1) is 14.9. The molecule has 0 saturated heterocycles. The fourth-order valence-corrected chi connectivity index (χ4v) is 3.91. The Balaban J connectivity index is 1.83. The van der Waals surface area contributed by atoms with Crippen molar-refractivity contribution in [2.75, 3.05) is 21.2 Å². The maximum atomic E-state index is 5.37. The zero-order chi connectivity index (χ0) is 15.0. The van der Waals surface area contributed by atoms with Gasteiger partial charge >= 0.3 is 0 Å². The Labute approximate surface area is 128 Å². The van der Waals surface area contributed by atoms with E-state index in [-0.39, 0.29) is 0 Å². The summed E-state index contributed by atoms with van der Waals surface area (Å²) in [5.41, 5.74) is 2.89. The Kier molecular flexibility index (Phi) is 4.23. The lowest BCUT2D eigenvalue weighted by Crippen LogP contribution is -2.48. The van der Waals surface area contributed by atoms with Crippen LogP contribution in [0.25, 0.3) is 0 Å². The molecule has 1 N–H and O–H groups in total. The molecule has 2 aliphatic carbocycles. The third kappa shape index (κ3) is 2.82. The summed E-state index contributed by atoms with van der Waals surface area (Å²) < 4.78 is 5.37. The molecule has 3 rings (SSSR count). The third-order valence-corrected chi connectivity index (χ3v) is 5.56. The van der Waals surface area contributed by atoms with Gasteiger partial charge in [-0.1, -0.05) is 6.07 Å². The van der Waals surface area contributed by atoms with Crippen LogP contribution in [0.2, 0.25) is 0 Å². The van der Waals surface area contributed by atoms with Crippen molar-refractivity contribution in [3.63, 3.8) is 0 Å². The summed E-state index contributed by atoms with van der Waals surface area (Å²) in [4.78, 5) is 2.62. The molecule has 0 amide bonds. The largest absolute Gasteiger partial charge is 0.497 e. The number of ether oxygens (including phenoxy) is 1. The molecule has 116 valence electrons. The predicted molar refractivity (Wildman–Crippen MR) is 86.9 cm³/mol. The highest BCUT2D eigenvalue weighted by molar-refractivity contribution is 5.40. The average molecular weight is 288 g/mol. The van der Waals surface area contributed by atoms with E-state index in [0.717, 1.165) is 18.1 Å². The Morgan fingerprint density at radius 1 is 1.29 bits per heavy atom. The number of likely N-dealkylation sites (N-methyl/N-ethyl adjacent to an activating group) is 2. The van der Waals surface area contributed by atoms with Crippen molar-refractivity contribution in [3.05, 3.63) is 29.3 Å². The predicted octanol–water partition coefficient (Wildman–Crippen LogP) is 3.00. The first-order chi connectivity index (χ1) is 10.2. The molecule has 2 aliphatic rings. The molecular formula is C18H28N2O. The Morgan fingerprint density at radius 3 is 2.67 bits per heavy atom. The summed E-state index contributed by atoms with van der Waals surface area (Å²) in [7, 11) is 6.15. The van der Waals surface area contributed by atoms with Crippen molar-refractivity contribution in [3.8, 4) is 5.75 Å². The zero-order valence-corrected chi connectivity index (χ0v) is 13.7. The second kappa shape index (κ2) is 5.98. The van der Waals surface area contributed by atoms with E-state index >= 15 is 0 Å². The second-order valence-corrected chi connectivity index (χ2v) is 6.68. The van der Waals surface area contributed by atoms with Crippen molar-refractivity contribution in [2.24, 2.45) is 5.92 Å². The lowest BCUT2D eigenvalue weighted by atomic mass is 9.82. The molecule has 3 nitrogen and oxygen atoms in total. The summed E-state index contributed by atoms with van der Waals surface area (Å²) in [6, 6.07) is 8.26. The fourth-order valence-electron chi connectivity index (χ4n) is 3.91. The van der Waals surface area contributed by atoms with Gasteiger partial charge in [0.25, 0.3) is 0 Å². The van der Waals surface area contributed by atoms with Gasteiger partial charge in [0.2, 0.25) is 0 Å². The van der Waals surface area contributed by atoms with E-state index in [1.807, 2.05) is 0 Å². The highest BCUT2D eigenvalue weighted by Gasteiger charge is 2.38. The normalized spacial score (nSPS) is 26.5. The number of aryl methyl sites for hydroxylation is 1. The van der Waals surface area contributed by atoms with Crippen molar-refractivity contribution < 1.29 is 4.74 Å². The molecule has 0 radical (unpaired) electrons. The lowest BCUT2D eigenvalue weighted by molar-refractivity contribution is 0.122. The Bertz CT molecular complexity index is 498. The van der Waals surface area contributed by atoms with Crippen LogP contribution in [0.1, 0.15) is 43.4 Å². The molecule has 3 heteroatoms. The maximum absolute atomic E-state index is 5.37. The SMILES string of the molecule is CNC1c2ccc(OC)cc2CCC1N(C)C(C)C1CC1. The quantitative estimate of drug-likeness (QED) is 0.901. The molecule has 1 aromatic rings. The molecule has 0 aromatic heterocycles. The van der Waals surface area contributed by atoms with E-state index in [9.17, 15) is 0 Å². The number of nitrogens with zero attached hydrogens (tertiary/aromatic N) is 1. The molecule has 0 heterocycles. The number of hydrogen-bond donors (Lipinski definition) is 1. The van der Waals surface area contributed by atoms with Crippen molar-refractivity contribution in [1.82, 2.24) is 10.2 Å². The van der Waals surface area contributed by atoms with E-state index < -0.39 is 0 Å². The fraction of sp³-hybridized carbons (Fsp3) is 0.667. The molecule has 0 aliphatic heterocycles.